The fourth-order valence-corrected chi connectivity index (χ4v) is 2.31. The van der Waals surface area contributed by atoms with Crippen molar-refractivity contribution >= 4 is 0 Å². The van der Waals surface area contributed by atoms with Gasteiger partial charge in [-0.15, -0.1) is 0 Å². The van der Waals surface area contributed by atoms with Gasteiger partial charge in [0, 0.05) is 39.5 Å². The van der Waals surface area contributed by atoms with Crippen molar-refractivity contribution in [1.29, 1.82) is 0 Å². The van der Waals surface area contributed by atoms with Crippen LogP contribution in [0.15, 0.2) is 0 Å². The van der Waals surface area contributed by atoms with Crippen LogP contribution in [-0.4, -0.2) is 39.5 Å². The summed E-state index contributed by atoms with van der Waals surface area (Å²) in [5, 5.41) is 3.57. The van der Waals surface area contributed by atoms with E-state index in [0.29, 0.717) is 11.5 Å². The van der Waals surface area contributed by atoms with Crippen LogP contribution in [0, 0.1) is 5.41 Å². The number of ether oxygens (including phenoxy) is 2. The van der Waals surface area contributed by atoms with E-state index in [4.69, 9.17) is 9.47 Å². The van der Waals surface area contributed by atoms with E-state index in [1.54, 1.807) is 7.11 Å². The predicted molar refractivity (Wildman–Crippen MR) is 71.4 cm³/mol. The summed E-state index contributed by atoms with van der Waals surface area (Å²) in [5.74, 6) is 0. The summed E-state index contributed by atoms with van der Waals surface area (Å²) in [6.45, 7) is 8.14. The van der Waals surface area contributed by atoms with Gasteiger partial charge in [-0.1, -0.05) is 20.3 Å². The first-order valence-corrected chi connectivity index (χ1v) is 6.99. The maximum atomic E-state index is 5.67. The van der Waals surface area contributed by atoms with Crippen LogP contribution in [0.5, 0.6) is 0 Å². The first kappa shape index (κ1) is 14.9. The van der Waals surface area contributed by atoms with E-state index in [2.05, 4.69) is 19.2 Å². The molecule has 1 aliphatic rings. The molecular formula is C14H29NO2. The maximum Gasteiger partial charge on any atom is 0.0487 e. The van der Waals surface area contributed by atoms with Crippen molar-refractivity contribution in [3.8, 4) is 0 Å². The van der Waals surface area contributed by atoms with Crippen LogP contribution in [0.25, 0.3) is 0 Å². The number of hydrogen-bond acceptors (Lipinski definition) is 3. The van der Waals surface area contributed by atoms with Gasteiger partial charge in [0.05, 0.1) is 0 Å². The van der Waals surface area contributed by atoms with Crippen molar-refractivity contribution in [3.05, 3.63) is 0 Å². The van der Waals surface area contributed by atoms with Gasteiger partial charge in [0.1, 0.15) is 0 Å². The zero-order chi connectivity index (χ0) is 12.6. The zero-order valence-corrected chi connectivity index (χ0v) is 11.8. The van der Waals surface area contributed by atoms with Crippen molar-refractivity contribution in [2.75, 3.05) is 33.5 Å². The van der Waals surface area contributed by atoms with E-state index >= 15 is 0 Å². The monoisotopic (exact) mass is 243 g/mol. The molecule has 0 aromatic heterocycles. The van der Waals surface area contributed by atoms with E-state index in [1.165, 1.54) is 25.7 Å². The fraction of sp³-hybridized carbons (Fsp3) is 1.00. The second-order valence-corrected chi connectivity index (χ2v) is 5.60. The smallest absolute Gasteiger partial charge is 0.0487 e. The minimum absolute atomic E-state index is 0.533. The molecule has 3 nitrogen and oxygen atoms in total. The van der Waals surface area contributed by atoms with Crippen molar-refractivity contribution in [3.63, 3.8) is 0 Å². The van der Waals surface area contributed by atoms with Crippen LogP contribution in [-0.2, 0) is 9.47 Å². The van der Waals surface area contributed by atoms with Gasteiger partial charge in [0.2, 0.25) is 0 Å². The highest BCUT2D eigenvalue weighted by atomic mass is 16.5. The topological polar surface area (TPSA) is 30.5 Å². The summed E-state index contributed by atoms with van der Waals surface area (Å²) in [4.78, 5) is 0. The second-order valence-electron chi connectivity index (χ2n) is 5.60. The van der Waals surface area contributed by atoms with Crippen molar-refractivity contribution in [2.45, 2.75) is 52.0 Å². The van der Waals surface area contributed by atoms with Gasteiger partial charge in [-0.2, -0.15) is 0 Å². The summed E-state index contributed by atoms with van der Waals surface area (Å²) in [6.07, 6.45) is 6.35. The molecule has 0 aliphatic heterocycles. The van der Waals surface area contributed by atoms with Gasteiger partial charge in [-0.05, 0) is 31.1 Å². The minimum atomic E-state index is 0.533. The highest BCUT2D eigenvalue weighted by Gasteiger charge is 2.36. The predicted octanol–water partition coefficient (Wildman–Crippen LogP) is 2.60. The van der Waals surface area contributed by atoms with Crippen LogP contribution in [0.3, 0.4) is 0 Å². The molecule has 0 bridgehead atoms. The summed E-state index contributed by atoms with van der Waals surface area (Å²) in [7, 11) is 1.74. The quantitative estimate of drug-likeness (QED) is 0.598. The maximum absolute atomic E-state index is 5.67. The summed E-state index contributed by atoms with van der Waals surface area (Å²) in [5.41, 5.74) is 0.533. The van der Waals surface area contributed by atoms with Crippen molar-refractivity contribution in [2.24, 2.45) is 5.41 Å². The Hall–Kier alpha value is -0.120. The lowest BCUT2D eigenvalue weighted by atomic mass is 9.66. The summed E-state index contributed by atoms with van der Waals surface area (Å²) in [6, 6.07) is 0.593. The largest absolute Gasteiger partial charge is 0.385 e. The van der Waals surface area contributed by atoms with Gasteiger partial charge in [-0.25, -0.2) is 0 Å². The summed E-state index contributed by atoms with van der Waals surface area (Å²) < 4.78 is 10.7. The standard InChI is InChI=1S/C14H29NO2/c1-13(2)15-12-14(6-4-7-14)8-11-17-10-5-9-16-3/h13,15H,4-12H2,1-3H3. The molecule has 0 aromatic rings. The van der Waals surface area contributed by atoms with Crippen LogP contribution in [0.1, 0.15) is 46.0 Å². The number of methoxy groups -OCH3 is 1. The Bertz CT molecular complexity index is 191. The average molecular weight is 243 g/mol. The Morgan fingerprint density at radius 3 is 2.47 bits per heavy atom. The van der Waals surface area contributed by atoms with E-state index < -0.39 is 0 Å². The van der Waals surface area contributed by atoms with E-state index in [-0.39, 0.29) is 0 Å². The molecule has 1 rings (SSSR count). The first-order chi connectivity index (χ1) is 8.18. The molecule has 17 heavy (non-hydrogen) atoms. The zero-order valence-electron chi connectivity index (χ0n) is 11.8. The summed E-state index contributed by atoms with van der Waals surface area (Å²) >= 11 is 0. The Morgan fingerprint density at radius 1 is 1.18 bits per heavy atom. The molecule has 1 saturated carbocycles. The lowest BCUT2D eigenvalue weighted by Crippen LogP contribution is -2.43. The van der Waals surface area contributed by atoms with Gasteiger partial charge < -0.3 is 14.8 Å². The Labute approximate surface area is 106 Å². The van der Waals surface area contributed by atoms with Crippen LogP contribution in [0.2, 0.25) is 0 Å². The second kappa shape index (κ2) is 8.06. The fourth-order valence-electron chi connectivity index (χ4n) is 2.31. The van der Waals surface area contributed by atoms with Gasteiger partial charge in [0.15, 0.2) is 0 Å². The average Bonchev–Trinajstić information content (AvgIpc) is 2.25. The molecule has 0 radical (unpaired) electrons. The molecule has 102 valence electrons. The molecule has 1 aliphatic carbocycles. The molecule has 1 fully saturated rings. The molecule has 0 aromatic carbocycles. The van der Waals surface area contributed by atoms with E-state index in [9.17, 15) is 0 Å². The normalized spacial score (nSPS) is 18.4. The SMILES string of the molecule is COCCCOCCC1(CNC(C)C)CCC1. The van der Waals surface area contributed by atoms with Gasteiger partial charge in [-0.3, -0.25) is 0 Å². The third kappa shape index (κ3) is 5.84. The molecule has 0 saturated heterocycles. The molecule has 3 heteroatoms. The molecule has 1 N–H and O–H groups in total. The Kier molecular flexibility index (Phi) is 7.09. The molecule has 0 spiro atoms. The molecule has 0 atom stereocenters. The lowest BCUT2D eigenvalue weighted by Gasteiger charge is -2.42. The third-order valence-electron chi connectivity index (χ3n) is 3.71. The first-order valence-electron chi connectivity index (χ1n) is 6.99. The number of hydrogen-bond donors (Lipinski definition) is 1. The third-order valence-corrected chi connectivity index (χ3v) is 3.71. The van der Waals surface area contributed by atoms with Crippen LogP contribution < -0.4 is 5.32 Å². The molecular weight excluding hydrogens is 214 g/mol. The van der Waals surface area contributed by atoms with Crippen LogP contribution >= 0.6 is 0 Å². The molecule has 0 heterocycles. The van der Waals surface area contributed by atoms with E-state index in [1.807, 2.05) is 0 Å². The molecule has 0 amide bonds. The number of nitrogens with one attached hydrogen (secondary N) is 1. The Balaban J connectivity index is 2.05. The van der Waals surface area contributed by atoms with Crippen molar-refractivity contribution < 1.29 is 9.47 Å². The lowest BCUT2D eigenvalue weighted by molar-refractivity contribution is 0.0411. The number of rotatable bonds is 10. The van der Waals surface area contributed by atoms with Gasteiger partial charge in [0.25, 0.3) is 0 Å². The van der Waals surface area contributed by atoms with E-state index in [0.717, 1.165) is 32.8 Å². The van der Waals surface area contributed by atoms with Gasteiger partial charge >= 0.3 is 0 Å². The molecule has 0 unspecified atom stereocenters. The highest BCUT2D eigenvalue weighted by molar-refractivity contribution is 4.89. The Morgan fingerprint density at radius 2 is 1.94 bits per heavy atom. The van der Waals surface area contributed by atoms with Crippen LogP contribution in [0.4, 0.5) is 0 Å². The van der Waals surface area contributed by atoms with Crippen molar-refractivity contribution in [1.82, 2.24) is 5.32 Å². The highest BCUT2D eigenvalue weighted by Crippen LogP contribution is 2.43. The minimum Gasteiger partial charge on any atom is -0.385 e.